The van der Waals surface area contributed by atoms with E-state index in [9.17, 15) is 0 Å². The van der Waals surface area contributed by atoms with Gasteiger partial charge < -0.3 is 15.5 Å². The van der Waals surface area contributed by atoms with Crippen LogP contribution in [0.4, 0.5) is 5.82 Å². The summed E-state index contributed by atoms with van der Waals surface area (Å²) < 4.78 is 0. The number of rotatable bonds is 5. The first kappa shape index (κ1) is 15.3. The first-order valence-electron chi connectivity index (χ1n) is 6.77. The Bertz CT molecular complexity index is 578. The number of nitrogens with zero attached hydrogens (tertiary/aromatic N) is 3. The Morgan fingerprint density at radius 2 is 2.10 bits per heavy atom. The largest absolute Gasteiger partial charge is 0.362 e. The molecule has 0 atom stereocenters. The van der Waals surface area contributed by atoms with Gasteiger partial charge in [-0.25, -0.2) is 4.98 Å². The lowest BCUT2D eigenvalue weighted by molar-refractivity contribution is 0.805. The van der Waals surface area contributed by atoms with Crippen molar-refractivity contribution in [2.75, 3.05) is 26.0 Å². The fraction of sp³-hybridized carbons (Fsp3) is 0.333. The minimum atomic E-state index is 0.685. The third kappa shape index (κ3) is 4.46. The molecule has 0 aliphatic rings. The summed E-state index contributed by atoms with van der Waals surface area (Å²) in [6, 6.07) is 6.13. The van der Waals surface area contributed by atoms with Gasteiger partial charge in [0.25, 0.3) is 0 Å². The van der Waals surface area contributed by atoms with Crippen LogP contribution in [0.2, 0.25) is 0 Å². The summed E-state index contributed by atoms with van der Waals surface area (Å²) in [6.45, 7) is 1.46. The molecular weight excluding hydrogens is 282 g/mol. The number of guanidine groups is 1. The van der Waals surface area contributed by atoms with Crippen LogP contribution in [0.5, 0.6) is 0 Å². The first-order chi connectivity index (χ1) is 10.2. The van der Waals surface area contributed by atoms with E-state index in [-0.39, 0.29) is 0 Å². The van der Waals surface area contributed by atoms with Crippen LogP contribution in [0.15, 0.2) is 40.1 Å². The zero-order chi connectivity index (χ0) is 15.1. The third-order valence-electron chi connectivity index (χ3n) is 3.00. The molecule has 21 heavy (non-hydrogen) atoms. The quantitative estimate of drug-likeness (QED) is 0.656. The SMILES string of the molecule is CN=C(NCc1ccsc1)NCc1cccnc1N(C)C. The number of aliphatic imine (C=N–C) groups is 1. The van der Waals surface area contributed by atoms with Crippen LogP contribution >= 0.6 is 11.3 Å². The van der Waals surface area contributed by atoms with E-state index in [0.29, 0.717) is 6.54 Å². The lowest BCUT2D eigenvalue weighted by Gasteiger charge is -2.17. The molecule has 0 spiro atoms. The van der Waals surface area contributed by atoms with E-state index in [4.69, 9.17) is 0 Å². The smallest absolute Gasteiger partial charge is 0.191 e. The first-order valence-corrected chi connectivity index (χ1v) is 7.72. The van der Waals surface area contributed by atoms with E-state index in [1.165, 1.54) is 5.56 Å². The summed E-state index contributed by atoms with van der Waals surface area (Å²) in [5.41, 5.74) is 2.40. The maximum Gasteiger partial charge on any atom is 0.191 e. The highest BCUT2D eigenvalue weighted by molar-refractivity contribution is 7.07. The lowest BCUT2D eigenvalue weighted by atomic mass is 10.2. The maximum absolute atomic E-state index is 4.40. The summed E-state index contributed by atoms with van der Waals surface area (Å²) in [4.78, 5) is 10.6. The molecule has 0 amide bonds. The van der Waals surface area contributed by atoms with Gasteiger partial charge in [0.1, 0.15) is 5.82 Å². The van der Waals surface area contributed by atoms with Crippen LogP contribution in [-0.2, 0) is 13.1 Å². The van der Waals surface area contributed by atoms with Crippen LogP contribution in [0.3, 0.4) is 0 Å². The predicted octanol–water partition coefficient (Wildman–Crippen LogP) is 2.07. The van der Waals surface area contributed by atoms with Crippen LogP contribution < -0.4 is 15.5 Å². The summed E-state index contributed by atoms with van der Waals surface area (Å²) in [6.07, 6.45) is 1.81. The van der Waals surface area contributed by atoms with Gasteiger partial charge in [-0.05, 0) is 28.5 Å². The van der Waals surface area contributed by atoms with Gasteiger partial charge >= 0.3 is 0 Å². The van der Waals surface area contributed by atoms with Crippen molar-refractivity contribution >= 4 is 23.1 Å². The highest BCUT2D eigenvalue weighted by Gasteiger charge is 2.06. The molecule has 2 heterocycles. The molecule has 2 aromatic rings. The van der Waals surface area contributed by atoms with Gasteiger partial charge in [0, 0.05) is 46.0 Å². The van der Waals surface area contributed by atoms with Crippen LogP contribution in [0.1, 0.15) is 11.1 Å². The van der Waals surface area contributed by atoms with E-state index >= 15 is 0 Å². The molecule has 0 saturated carbocycles. The zero-order valence-corrected chi connectivity index (χ0v) is 13.4. The van der Waals surface area contributed by atoms with Gasteiger partial charge in [-0.2, -0.15) is 11.3 Å². The number of hydrogen-bond acceptors (Lipinski definition) is 4. The molecule has 6 heteroatoms. The molecule has 112 valence electrons. The standard InChI is InChI=1S/C15H21N5S/c1-16-15(18-9-12-6-8-21-11-12)19-10-13-5-4-7-17-14(13)20(2)3/h4-8,11H,9-10H2,1-3H3,(H2,16,18,19). The van der Waals surface area contributed by atoms with E-state index in [1.54, 1.807) is 18.4 Å². The van der Waals surface area contributed by atoms with Gasteiger partial charge in [-0.3, -0.25) is 4.99 Å². The fourth-order valence-electron chi connectivity index (χ4n) is 1.95. The van der Waals surface area contributed by atoms with Crippen molar-refractivity contribution in [1.82, 2.24) is 15.6 Å². The molecule has 2 aromatic heterocycles. The number of hydrogen-bond donors (Lipinski definition) is 2. The van der Waals surface area contributed by atoms with Crippen molar-refractivity contribution in [1.29, 1.82) is 0 Å². The van der Waals surface area contributed by atoms with Crippen molar-refractivity contribution in [3.63, 3.8) is 0 Å². The Kier molecular flexibility index (Phi) is 5.57. The highest BCUT2D eigenvalue weighted by atomic mass is 32.1. The van der Waals surface area contributed by atoms with Gasteiger partial charge in [-0.15, -0.1) is 0 Å². The Labute approximate surface area is 129 Å². The van der Waals surface area contributed by atoms with Crippen LogP contribution in [0, 0.1) is 0 Å². The van der Waals surface area contributed by atoms with Crippen molar-refractivity contribution in [3.05, 3.63) is 46.3 Å². The van der Waals surface area contributed by atoms with Crippen molar-refractivity contribution in [2.45, 2.75) is 13.1 Å². The Balaban J connectivity index is 1.91. The van der Waals surface area contributed by atoms with Crippen molar-refractivity contribution < 1.29 is 0 Å². The number of aromatic nitrogens is 1. The summed E-state index contributed by atoms with van der Waals surface area (Å²) >= 11 is 1.70. The second-order valence-corrected chi connectivity index (χ2v) is 5.57. The monoisotopic (exact) mass is 303 g/mol. The van der Waals surface area contributed by atoms with E-state index in [0.717, 1.165) is 23.9 Å². The van der Waals surface area contributed by atoms with Crippen LogP contribution in [0.25, 0.3) is 0 Å². The van der Waals surface area contributed by atoms with Crippen molar-refractivity contribution in [2.24, 2.45) is 4.99 Å². The van der Waals surface area contributed by atoms with Crippen molar-refractivity contribution in [3.8, 4) is 0 Å². The molecule has 2 N–H and O–H groups in total. The zero-order valence-electron chi connectivity index (χ0n) is 12.6. The average Bonchev–Trinajstić information content (AvgIpc) is 3.01. The molecule has 0 saturated heterocycles. The van der Waals surface area contributed by atoms with E-state index in [2.05, 4.69) is 43.5 Å². The maximum atomic E-state index is 4.40. The highest BCUT2D eigenvalue weighted by Crippen LogP contribution is 2.13. The van der Waals surface area contributed by atoms with Gasteiger partial charge in [0.15, 0.2) is 5.96 Å². The summed E-state index contributed by atoms with van der Waals surface area (Å²) in [5.74, 6) is 1.76. The molecule has 0 bridgehead atoms. The molecule has 0 aliphatic heterocycles. The normalized spacial score (nSPS) is 11.3. The minimum Gasteiger partial charge on any atom is -0.362 e. The third-order valence-corrected chi connectivity index (χ3v) is 3.73. The lowest BCUT2D eigenvalue weighted by Crippen LogP contribution is -2.36. The Morgan fingerprint density at radius 1 is 1.29 bits per heavy atom. The topological polar surface area (TPSA) is 52.6 Å². The van der Waals surface area contributed by atoms with E-state index in [1.807, 2.05) is 31.3 Å². The number of pyridine rings is 1. The number of anilines is 1. The van der Waals surface area contributed by atoms with Crippen LogP contribution in [-0.4, -0.2) is 32.1 Å². The fourth-order valence-corrected chi connectivity index (χ4v) is 2.62. The molecule has 5 nitrogen and oxygen atoms in total. The number of nitrogens with one attached hydrogen (secondary N) is 2. The Morgan fingerprint density at radius 3 is 2.76 bits per heavy atom. The molecule has 0 aliphatic carbocycles. The molecular formula is C15H21N5S. The minimum absolute atomic E-state index is 0.685. The average molecular weight is 303 g/mol. The predicted molar refractivity (Wildman–Crippen MR) is 89.9 cm³/mol. The second-order valence-electron chi connectivity index (χ2n) is 4.79. The Hall–Kier alpha value is -2.08. The molecule has 0 fully saturated rings. The summed E-state index contributed by atoms with van der Waals surface area (Å²) in [5, 5.41) is 10.8. The molecule has 0 radical (unpaired) electrons. The molecule has 0 aromatic carbocycles. The van der Waals surface area contributed by atoms with Gasteiger partial charge in [0.2, 0.25) is 0 Å². The molecule has 2 rings (SSSR count). The van der Waals surface area contributed by atoms with Gasteiger partial charge in [-0.1, -0.05) is 6.07 Å². The van der Waals surface area contributed by atoms with E-state index < -0.39 is 0 Å². The summed E-state index contributed by atoms with van der Waals surface area (Å²) in [7, 11) is 5.77. The number of thiophene rings is 1. The van der Waals surface area contributed by atoms with Gasteiger partial charge in [0.05, 0.1) is 0 Å². The second kappa shape index (κ2) is 7.64. The molecule has 0 unspecified atom stereocenters.